The second-order valence-electron chi connectivity index (χ2n) is 6.39. The lowest BCUT2D eigenvalue weighted by molar-refractivity contribution is -0.136. The Morgan fingerprint density at radius 1 is 1.04 bits per heavy atom. The van der Waals surface area contributed by atoms with Gasteiger partial charge in [0, 0.05) is 12.0 Å². The molecule has 0 radical (unpaired) electrons. The van der Waals surface area contributed by atoms with E-state index in [1.54, 1.807) is 0 Å². The molecule has 2 aromatic carbocycles. The number of hydrogen-bond donors (Lipinski definition) is 1. The molecule has 3 nitrogen and oxygen atoms in total. The minimum atomic E-state index is -1.09. The molecule has 3 rings (SSSR count). The summed E-state index contributed by atoms with van der Waals surface area (Å²) in [5, 5.41) is 12.6. The zero-order chi connectivity index (χ0) is 20.1. The summed E-state index contributed by atoms with van der Waals surface area (Å²) in [6, 6.07) is 10.9. The van der Waals surface area contributed by atoms with Gasteiger partial charge in [-0.1, -0.05) is 37.3 Å². The van der Waals surface area contributed by atoms with Crippen LogP contribution in [-0.2, 0) is 24.2 Å². The Balaban J connectivity index is 1.73. The number of hydrogen-bond acceptors (Lipinski definition) is 3. The van der Waals surface area contributed by atoms with Gasteiger partial charge in [-0.05, 0) is 51.9 Å². The van der Waals surface area contributed by atoms with E-state index in [2.05, 4.69) is 19.1 Å². The predicted octanol–water partition coefficient (Wildman–Crippen LogP) is 5.85. The van der Waals surface area contributed by atoms with E-state index >= 15 is 0 Å². The van der Waals surface area contributed by atoms with Crippen molar-refractivity contribution < 1.29 is 23.4 Å². The Bertz CT molecular complexity index is 964. The van der Waals surface area contributed by atoms with Gasteiger partial charge in [0.1, 0.15) is 6.61 Å². The molecule has 1 heterocycles. The second kappa shape index (κ2) is 8.97. The number of rotatable bonds is 8. The first-order valence-electron chi connectivity index (χ1n) is 8.95. The first-order chi connectivity index (χ1) is 13.5. The Kier molecular flexibility index (Phi) is 6.41. The molecule has 0 fully saturated rings. The molecule has 0 unspecified atom stereocenters. The molecule has 1 N–H and O–H groups in total. The normalized spacial score (nSPS) is 10.8. The summed E-state index contributed by atoms with van der Waals surface area (Å²) in [6.07, 6.45) is 0.639. The fraction of sp³-hybridized carbons (Fsp3) is 0.227. The number of thiophene rings is 1. The summed E-state index contributed by atoms with van der Waals surface area (Å²) < 4.78 is 34.0. The highest BCUT2D eigenvalue weighted by molar-refractivity contribution is 7.08. The highest BCUT2D eigenvalue weighted by Crippen LogP contribution is 2.30. The van der Waals surface area contributed by atoms with Gasteiger partial charge < -0.3 is 9.84 Å². The Morgan fingerprint density at radius 2 is 1.79 bits per heavy atom. The zero-order valence-corrected chi connectivity index (χ0v) is 16.2. The zero-order valence-electron chi connectivity index (χ0n) is 15.4. The average Bonchev–Trinajstić information content (AvgIpc) is 3.17. The van der Waals surface area contributed by atoms with Crippen molar-refractivity contribution in [2.75, 3.05) is 0 Å². The molecule has 0 amide bonds. The van der Waals surface area contributed by atoms with E-state index < -0.39 is 17.6 Å². The number of benzene rings is 2. The molecule has 146 valence electrons. The van der Waals surface area contributed by atoms with E-state index in [0.29, 0.717) is 0 Å². The lowest BCUT2D eigenvalue weighted by atomic mass is 10.0. The maximum absolute atomic E-state index is 14.3. The highest BCUT2D eigenvalue weighted by Gasteiger charge is 2.16. The van der Waals surface area contributed by atoms with Gasteiger partial charge in [0.05, 0.1) is 0 Å². The second-order valence-corrected chi connectivity index (χ2v) is 7.14. The number of carboxylic acid groups (broad SMARTS) is 1. The van der Waals surface area contributed by atoms with Gasteiger partial charge >= 0.3 is 5.97 Å². The van der Waals surface area contributed by atoms with Crippen LogP contribution in [0.1, 0.15) is 30.0 Å². The van der Waals surface area contributed by atoms with Crippen molar-refractivity contribution in [1.82, 2.24) is 0 Å². The average molecular weight is 402 g/mol. The van der Waals surface area contributed by atoms with Gasteiger partial charge in [0.25, 0.3) is 0 Å². The summed E-state index contributed by atoms with van der Waals surface area (Å²) in [7, 11) is 0. The van der Waals surface area contributed by atoms with Crippen LogP contribution in [0.3, 0.4) is 0 Å². The van der Waals surface area contributed by atoms with Crippen LogP contribution in [0.4, 0.5) is 8.78 Å². The van der Waals surface area contributed by atoms with E-state index in [-0.39, 0.29) is 30.8 Å². The minimum Gasteiger partial charge on any atom is -0.486 e. The molecule has 0 bridgehead atoms. The Morgan fingerprint density at radius 3 is 2.46 bits per heavy atom. The maximum Gasteiger partial charge on any atom is 0.303 e. The van der Waals surface area contributed by atoms with Crippen LogP contribution in [0.15, 0.2) is 47.2 Å². The van der Waals surface area contributed by atoms with Crippen LogP contribution >= 0.6 is 11.3 Å². The number of carbonyl (C=O) groups is 1. The third-order valence-corrected chi connectivity index (χ3v) is 5.33. The van der Waals surface area contributed by atoms with Gasteiger partial charge in [0.15, 0.2) is 11.6 Å². The van der Waals surface area contributed by atoms with Crippen molar-refractivity contribution >= 4 is 17.3 Å². The predicted molar refractivity (Wildman–Crippen MR) is 106 cm³/mol. The van der Waals surface area contributed by atoms with E-state index in [0.717, 1.165) is 23.1 Å². The van der Waals surface area contributed by atoms with Crippen molar-refractivity contribution in [3.63, 3.8) is 0 Å². The molecule has 28 heavy (non-hydrogen) atoms. The molecule has 0 aliphatic carbocycles. The van der Waals surface area contributed by atoms with Crippen molar-refractivity contribution in [3.8, 4) is 16.9 Å². The lowest BCUT2D eigenvalue weighted by Gasteiger charge is -2.11. The van der Waals surface area contributed by atoms with E-state index in [1.807, 2.05) is 22.9 Å². The quantitative estimate of drug-likeness (QED) is 0.514. The SMILES string of the molecule is CCc1ccc(-c2cscc2COc2ccc(CCC(=O)O)c(F)c2F)cc1. The molecule has 1 aromatic heterocycles. The maximum atomic E-state index is 14.3. The Labute approximate surface area is 166 Å². The summed E-state index contributed by atoms with van der Waals surface area (Å²) in [5.74, 6) is -3.39. The van der Waals surface area contributed by atoms with Crippen LogP contribution in [-0.4, -0.2) is 11.1 Å². The van der Waals surface area contributed by atoms with Crippen LogP contribution < -0.4 is 4.74 Å². The fourth-order valence-electron chi connectivity index (χ4n) is 2.88. The van der Waals surface area contributed by atoms with Crippen molar-refractivity contribution in [2.45, 2.75) is 32.8 Å². The van der Waals surface area contributed by atoms with Crippen LogP contribution in [0.25, 0.3) is 11.1 Å². The smallest absolute Gasteiger partial charge is 0.303 e. The first-order valence-corrected chi connectivity index (χ1v) is 9.89. The monoisotopic (exact) mass is 402 g/mol. The molecule has 0 aliphatic heterocycles. The van der Waals surface area contributed by atoms with Crippen LogP contribution in [0.5, 0.6) is 5.75 Å². The highest BCUT2D eigenvalue weighted by atomic mass is 32.1. The topological polar surface area (TPSA) is 46.5 Å². The van der Waals surface area contributed by atoms with Gasteiger partial charge in [-0.25, -0.2) is 4.39 Å². The van der Waals surface area contributed by atoms with Gasteiger partial charge in [-0.3, -0.25) is 4.79 Å². The van der Waals surface area contributed by atoms with Gasteiger partial charge in [-0.15, -0.1) is 0 Å². The molecule has 0 spiro atoms. The summed E-state index contributed by atoms with van der Waals surface area (Å²) in [5.41, 5.74) is 4.22. The molecule has 0 aliphatic rings. The van der Waals surface area contributed by atoms with Crippen LogP contribution in [0.2, 0.25) is 0 Å². The van der Waals surface area contributed by atoms with Crippen molar-refractivity contribution in [3.05, 3.63) is 75.5 Å². The van der Waals surface area contributed by atoms with Crippen molar-refractivity contribution in [2.24, 2.45) is 0 Å². The third-order valence-electron chi connectivity index (χ3n) is 4.53. The summed E-state index contributed by atoms with van der Waals surface area (Å²) in [4.78, 5) is 10.6. The van der Waals surface area contributed by atoms with Gasteiger partial charge in [-0.2, -0.15) is 15.7 Å². The van der Waals surface area contributed by atoms with Crippen LogP contribution in [0, 0.1) is 11.6 Å². The van der Waals surface area contributed by atoms with Gasteiger partial charge in [0.2, 0.25) is 5.82 Å². The summed E-state index contributed by atoms with van der Waals surface area (Å²) >= 11 is 1.52. The van der Waals surface area contributed by atoms with E-state index in [4.69, 9.17) is 9.84 Å². The Hall–Kier alpha value is -2.73. The first kappa shape index (κ1) is 20.0. The molecular formula is C22H20F2O3S. The lowest BCUT2D eigenvalue weighted by Crippen LogP contribution is -2.04. The molecule has 0 saturated heterocycles. The van der Waals surface area contributed by atoms with E-state index in [9.17, 15) is 13.6 Å². The number of aliphatic carboxylic acids is 1. The summed E-state index contributed by atoms with van der Waals surface area (Å²) in [6.45, 7) is 2.21. The molecule has 3 aromatic rings. The minimum absolute atomic E-state index is 0.0273. The molecule has 6 heteroatoms. The van der Waals surface area contributed by atoms with E-state index in [1.165, 1.54) is 29.0 Å². The standard InChI is InChI=1S/C22H20F2O3S/c1-2-14-3-5-15(6-4-14)18-13-28-12-17(18)11-27-19-9-7-16(8-10-20(25)26)21(23)22(19)24/h3-7,9,12-13H,2,8,10-11H2,1H3,(H,25,26). The largest absolute Gasteiger partial charge is 0.486 e. The molecule has 0 atom stereocenters. The fourth-order valence-corrected chi connectivity index (χ4v) is 3.73. The number of ether oxygens (including phenoxy) is 1. The molecule has 0 saturated carbocycles. The third kappa shape index (κ3) is 4.57. The molecular weight excluding hydrogens is 382 g/mol. The van der Waals surface area contributed by atoms with Crippen molar-refractivity contribution in [1.29, 1.82) is 0 Å². The number of carboxylic acids is 1. The number of aryl methyl sites for hydroxylation is 2. The number of halogens is 2.